The highest BCUT2D eigenvalue weighted by Crippen LogP contribution is 2.61. The van der Waals surface area contributed by atoms with Crippen LogP contribution in [0.5, 0.6) is 0 Å². The van der Waals surface area contributed by atoms with E-state index in [-0.39, 0.29) is 5.60 Å². The van der Waals surface area contributed by atoms with Crippen molar-refractivity contribution in [3.63, 3.8) is 0 Å². The summed E-state index contributed by atoms with van der Waals surface area (Å²) in [6.07, 6.45) is 7.06. The van der Waals surface area contributed by atoms with Crippen molar-refractivity contribution in [2.24, 2.45) is 23.0 Å². The molecule has 0 radical (unpaired) electrons. The molecule has 0 spiro atoms. The van der Waals surface area contributed by atoms with Crippen LogP contribution in [0.2, 0.25) is 0 Å². The summed E-state index contributed by atoms with van der Waals surface area (Å²) in [6, 6.07) is 0. The quantitative estimate of drug-likeness (QED) is 0.640. The van der Waals surface area contributed by atoms with Crippen molar-refractivity contribution in [1.82, 2.24) is 0 Å². The molecule has 0 unspecified atom stereocenters. The third kappa shape index (κ3) is 1.08. The van der Waals surface area contributed by atoms with Gasteiger partial charge < -0.3 is 10.8 Å². The fourth-order valence-corrected chi connectivity index (χ4v) is 4.64. The molecule has 4 fully saturated rings. The third-order valence-corrected chi connectivity index (χ3v) is 4.58. The summed E-state index contributed by atoms with van der Waals surface area (Å²) in [5.74, 6) is 1.57. The molecule has 4 aliphatic carbocycles. The highest BCUT2D eigenvalue weighted by Gasteiger charge is 2.56. The van der Waals surface area contributed by atoms with E-state index in [0.29, 0.717) is 5.41 Å². The van der Waals surface area contributed by atoms with E-state index in [9.17, 15) is 5.11 Å². The summed E-state index contributed by atoms with van der Waals surface area (Å²) in [5, 5.41) is 10.3. The molecule has 4 bridgehead atoms. The first-order valence-electron chi connectivity index (χ1n) is 5.56. The Morgan fingerprint density at radius 1 is 1.15 bits per heavy atom. The Hall–Kier alpha value is -0.0800. The van der Waals surface area contributed by atoms with Crippen molar-refractivity contribution in [1.29, 1.82) is 0 Å². The Bertz CT molecular complexity index is 224. The predicted octanol–water partition coefficient (Wildman–Crippen LogP) is 1.28. The van der Waals surface area contributed by atoms with Crippen LogP contribution in [0.3, 0.4) is 0 Å². The van der Waals surface area contributed by atoms with Crippen LogP contribution in [0.15, 0.2) is 0 Å². The van der Waals surface area contributed by atoms with Crippen molar-refractivity contribution in [2.45, 2.75) is 44.1 Å². The normalized spacial score (nSPS) is 58.6. The lowest BCUT2D eigenvalue weighted by Gasteiger charge is -2.60. The number of rotatable bonds is 1. The zero-order valence-electron chi connectivity index (χ0n) is 8.13. The van der Waals surface area contributed by atoms with Crippen molar-refractivity contribution in [3.05, 3.63) is 0 Å². The summed E-state index contributed by atoms with van der Waals surface area (Å²) >= 11 is 0. The Balaban J connectivity index is 1.95. The molecular formula is C11H19NO. The van der Waals surface area contributed by atoms with Gasteiger partial charge >= 0.3 is 0 Å². The van der Waals surface area contributed by atoms with Gasteiger partial charge in [-0.05, 0) is 62.3 Å². The molecule has 3 N–H and O–H groups in total. The predicted molar refractivity (Wildman–Crippen MR) is 51.1 cm³/mol. The van der Waals surface area contributed by atoms with E-state index in [0.717, 1.165) is 37.6 Å². The topological polar surface area (TPSA) is 46.2 Å². The van der Waals surface area contributed by atoms with Crippen LogP contribution in [0.1, 0.15) is 38.5 Å². The Morgan fingerprint density at radius 3 is 2.23 bits per heavy atom. The second kappa shape index (κ2) is 2.29. The SMILES string of the molecule is NCC12C[C@H]3C[C@@H](CC(O)(C3)C1)C2. The van der Waals surface area contributed by atoms with Gasteiger partial charge in [0, 0.05) is 0 Å². The number of aliphatic hydroxyl groups is 1. The first-order chi connectivity index (χ1) is 6.13. The maximum absolute atomic E-state index is 10.3. The lowest BCUT2D eigenvalue weighted by Crippen LogP contribution is -2.57. The summed E-state index contributed by atoms with van der Waals surface area (Å²) in [6.45, 7) is 0.794. The van der Waals surface area contributed by atoms with Gasteiger partial charge in [-0.15, -0.1) is 0 Å². The molecular weight excluding hydrogens is 162 g/mol. The van der Waals surface area contributed by atoms with E-state index >= 15 is 0 Å². The van der Waals surface area contributed by atoms with Gasteiger partial charge in [-0.2, -0.15) is 0 Å². The van der Waals surface area contributed by atoms with Gasteiger partial charge in [0.2, 0.25) is 0 Å². The molecule has 0 saturated heterocycles. The fraction of sp³-hybridized carbons (Fsp3) is 1.00. The lowest BCUT2D eigenvalue weighted by molar-refractivity contribution is -0.160. The zero-order chi connectivity index (χ0) is 9.10. The Morgan fingerprint density at radius 2 is 1.77 bits per heavy atom. The molecule has 0 aromatic rings. The third-order valence-electron chi connectivity index (χ3n) is 4.58. The van der Waals surface area contributed by atoms with Gasteiger partial charge in [-0.3, -0.25) is 0 Å². The van der Waals surface area contributed by atoms with E-state index in [1.807, 2.05) is 0 Å². The molecule has 13 heavy (non-hydrogen) atoms. The largest absolute Gasteiger partial charge is 0.390 e. The molecule has 2 heteroatoms. The van der Waals surface area contributed by atoms with Gasteiger partial charge in [-0.25, -0.2) is 0 Å². The average Bonchev–Trinajstić information content (AvgIpc) is 1.99. The maximum Gasteiger partial charge on any atom is 0.0658 e. The molecule has 0 amide bonds. The van der Waals surface area contributed by atoms with Crippen LogP contribution in [0.4, 0.5) is 0 Å². The van der Waals surface area contributed by atoms with Gasteiger partial charge in [0.05, 0.1) is 5.60 Å². The summed E-state index contributed by atoms with van der Waals surface area (Å²) in [5.41, 5.74) is 5.89. The molecule has 2 atom stereocenters. The van der Waals surface area contributed by atoms with E-state index < -0.39 is 0 Å². The van der Waals surface area contributed by atoms with E-state index in [1.54, 1.807) is 0 Å². The van der Waals surface area contributed by atoms with Crippen molar-refractivity contribution in [2.75, 3.05) is 6.54 Å². The number of nitrogens with two attached hydrogens (primary N) is 1. The molecule has 74 valence electrons. The first-order valence-corrected chi connectivity index (χ1v) is 5.56. The molecule has 2 nitrogen and oxygen atoms in total. The number of hydrogen-bond donors (Lipinski definition) is 2. The minimum atomic E-state index is -0.316. The van der Waals surface area contributed by atoms with Crippen molar-refractivity contribution in [3.8, 4) is 0 Å². The smallest absolute Gasteiger partial charge is 0.0658 e. The Kier molecular flexibility index (Phi) is 1.45. The molecule has 4 aliphatic rings. The van der Waals surface area contributed by atoms with E-state index in [1.165, 1.54) is 19.3 Å². The van der Waals surface area contributed by atoms with Crippen LogP contribution >= 0.6 is 0 Å². The monoisotopic (exact) mass is 181 g/mol. The number of hydrogen-bond acceptors (Lipinski definition) is 2. The van der Waals surface area contributed by atoms with Crippen LogP contribution in [0, 0.1) is 17.3 Å². The standard InChI is InChI=1S/C11H19NO/c12-7-10-2-8-1-9(3-10)5-11(13,4-8)6-10/h8-9,13H,1-7,12H2/t8-,9-,10?,11?/m1/s1. The Labute approximate surface area is 79.5 Å². The van der Waals surface area contributed by atoms with E-state index in [2.05, 4.69) is 0 Å². The minimum Gasteiger partial charge on any atom is -0.390 e. The van der Waals surface area contributed by atoms with Gasteiger partial charge in [0.15, 0.2) is 0 Å². The second-order valence-electron chi connectivity index (χ2n) is 5.89. The van der Waals surface area contributed by atoms with Crippen molar-refractivity contribution < 1.29 is 5.11 Å². The molecule has 0 aliphatic heterocycles. The fourth-order valence-electron chi connectivity index (χ4n) is 4.64. The van der Waals surface area contributed by atoms with Crippen LogP contribution < -0.4 is 5.73 Å². The average molecular weight is 181 g/mol. The van der Waals surface area contributed by atoms with Gasteiger partial charge in [-0.1, -0.05) is 0 Å². The minimum absolute atomic E-state index is 0.316. The van der Waals surface area contributed by atoms with Crippen LogP contribution in [-0.2, 0) is 0 Å². The van der Waals surface area contributed by atoms with Crippen LogP contribution in [-0.4, -0.2) is 17.3 Å². The first kappa shape index (κ1) is 8.25. The maximum atomic E-state index is 10.3. The molecule has 4 saturated carbocycles. The van der Waals surface area contributed by atoms with E-state index in [4.69, 9.17) is 5.73 Å². The van der Waals surface area contributed by atoms with Gasteiger partial charge in [0.25, 0.3) is 0 Å². The zero-order valence-corrected chi connectivity index (χ0v) is 8.13. The van der Waals surface area contributed by atoms with Crippen LogP contribution in [0.25, 0.3) is 0 Å². The lowest BCUT2D eigenvalue weighted by atomic mass is 9.48. The van der Waals surface area contributed by atoms with Crippen molar-refractivity contribution >= 4 is 0 Å². The summed E-state index contributed by atoms with van der Waals surface area (Å²) < 4.78 is 0. The molecule has 0 aromatic carbocycles. The highest BCUT2D eigenvalue weighted by molar-refractivity contribution is 5.08. The summed E-state index contributed by atoms with van der Waals surface area (Å²) in [4.78, 5) is 0. The molecule has 0 heterocycles. The second-order valence-corrected chi connectivity index (χ2v) is 5.89. The molecule has 0 aromatic heterocycles. The molecule has 4 rings (SSSR count). The van der Waals surface area contributed by atoms with Gasteiger partial charge in [0.1, 0.15) is 0 Å². The highest BCUT2D eigenvalue weighted by atomic mass is 16.3. The summed E-state index contributed by atoms with van der Waals surface area (Å²) in [7, 11) is 0.